The summed E-state index contributed by atoms with van der Waals surface area (Å²) in [5.74, 6) is -2.65. The molecule has 19 heavy (non-hydrogen) atoms. The van der Waals surface area contributed by atoms with Crippen molar-refractivity contribution in [3.63, 3.8) is 0 Å². The molecular formula is C10H18O7P2. The zero-order valence-corrected chi connectivity index (χ0v) is 12.7. The smallest absolute Gasteiger partial charge is 0.494 e. The van der Waals surface area contributed by atoms with Gasteiger partial charge in [-0.1, -0.05) is 22.9 Å². The van der Waals surface area contributed by atoms with Crippen LogP contribution in [0.2, 0.25) is 0 Å². The van der Waals surface area contributed by atoms with Crippen molar-refractivity contribution in [1.82, 2.24) is 0 Å². The van der Waals surface area contributed by atoms with E-state index < -0.39 is 22.5 Å². The standard InChI is InChI=1S/C10H18O7P2/c1-9(2)5-3-8(4-6-9)7-10(11,16-18(12)13)17-19(14)15/h8,11H,3-7H2,1-2H3. The van der Waals surface area contributed by atoms with Crippen LogP contribution >= 0.6 is 16.5 Å². The van der Waals surface area contributed by atoms with Crippen molar-refractivity contribution in [3.8, 4) is 0 Å². The third-order valence-electron chi connectivity index (χ3n) is 3.44. The first-order valence-corrected chi connectivity index (χ1v) is 8.20. The van der Waals surface area contributed by atoms with E-state index in [9.17, 15) is 24.0 Å². The van der Waals surface area contributed by atoms with Gasteiger partial charge >= 0.3 is 22.5 Å². The Morgan fingerprint density at radius 1 is 1.21 bits per heavy atom. The van der Waals surface area contributed by atoms with Crippen molar-refractivity contribution in [2.75, 3.05) is 0 Å². The molecule has 1 N–H and O–H groups in total. The zero-order chi connectivity index (χ0) is 14.7. The highest BCUT2D eigenvalue weighted by Crippen LogP contribution is 2.43. The van der Waals surface area contributed by atoms with Crippen LogP contribution < -0.4 is 9.79 Å². The molecule has 0 bridgehead atoms. The maximum absolute atomic E-state index is 10.5. The average Bonchev–Trinajstić information content (AvgIpc) is 2.18. The summed E-state index contributed by atoms with van der Waals surface area (Å²) < 4.78 is 29.5. The molecule has 0 amide bonds. The van der Waals surface area contributed by atoms with Crippen LogP contribution in [-0.4, -0.2) is 11.1 Å². The molecule has 0 radical (unpaired) electrons. The Hall–Kier alpha value is -0.0000000000000000763. The lowest BCUT2D eigenvalue weighted by molar-refractivity contribution is -0.324. The second kappa shape index (κ2) is 6.64. The maximum Gasteiger partial charge on any atom is 0.494 e. The van der Waals surface area contributed by atoms with E-state index in [0.29, 0.717) is 0 Å². The second-order valence-electron chi connectivity index (χ2n) is 5.65. The fraction of sp³-hybridized carbons (Fsp3) is 1.00. The van der Waals surface area contributed by atoms with Gasteiger partial charge in [0.2, 0.25) is 0 Å². The molecule has 7 nitrogen and oxygen atoms in total. The van der Waals surface area contributed by atoms with Gasteiger partial charge in [0, 0.05) is 6.42 Å². The predicted octanol–water partition coefficient (Wildman–Crippen LogP) is 1.31. The summed E-state index contributed by atoms with van der Waals surface area (Å²) in [6, 6.07) is 0. The lowest BCUT2D eigenvalue weighted by Gasteiger charge is -2.35. The van der Waals surface area contributed by atoms with Crippen molar-refractivity contribution in [2.45, 2.75) is 51.9 Å². The molecule has 0 spiro atoms. The highest BCUT2D eigenvalue weighted by molar-refractivity contribution is 7.31. The average molecular weight is 312 g/mol. The van der Waals surface area contributed by atoms with Gasteiger partial charge in [0.15, 0.2) is 0 Å². The van der Waals surface area contributed by atoms with Gasteiger partial charge in [-0.25, -0.2) is 0 Å². The summed E-state index contributed by atoms with van der Waals surface area (Å²) in [5.41, 5.74) is 0.212. The Bertz CT molecular complexity index is 332. The molecule has 0 aromatic rings. The molecule has 1 rings (SSSR count). The van der Waals surface area contributed by atoms with E-state index in [4.69, 9.17) is 0 Å². The summed E-state index contributed by atoms with van der Waals surface area (Å²) in [4.78, 5) is 21.0. The van der Waals surface area contributed by atoms with E-state index >= 15 is 0 Å². The number of aliphatic hydroxyl groups is 1. The first-order chi connectivity index (χ1) is 8.62. The Morgan fingerprint density at radius 2 is 1.63 bits per heavy atom. The fourth-order valence-electron chi connectivity index (χ4n) is 2.35. The summed E-state index contributed by atoms with van der Waals surface area (Å²) in [5, 5.41) is 9.82. The molecule has 1 aliphatic rings. The Labute approximate surface area is 113 Å². The van der Waals surface area contributed by atoms with Gasteiger partial charge in [0.1, 0.15) is 0 Å². The summed E-state index contributed by atoms with van der Waals surface area (Å²) in [7, 11) is -6.81. The van der Waals surface area contributed by atoms with E-state index in [-0.39, 0.29) is 17.8 Å². The minimum atomic E-state index is -3.41. The quantitative estimate of drug-likeness (QED) is 0.580. The van der Waals surface area contributed by atoms with Gasteiger partial charge in [0.25, 0.3) is 0 Å². The third kappa shape index (κ3) is 6.32. The van der Waals surface area contributed by atoms with Crippen molar-refractivity contribution in [2.24, 2.45) is 11.3 Å². The van der Waals surface area contributed by atoms with Crippen molar-refractivity contribution < 1.29 is 33.1 Å². The Kier molecular flexibility index (Phi) is 5.96. The highest BCUT2D eigenvalue weighted by Gasteiger charge is 2.45. The van der Waals surface area contributed by atoms with E-state index in [1.54, 1.807) is 0 Å². The highest BCUT2D eigenvalue weighted by atomic mass is 31.1. The zero-order valence-electron chi connectivity index (χ0n) is 10.9. The molecule has 0 aliphatic heterocycles. The normalized spacial score (nSPS) is 24.7. The topological polar surface area (TPSA) is 119 Å². The molecular weight excluding hydrogens is 294 g/mol. The molecule has 2 atom stereocenters. The lowest BCUT2D eigenvalue weighted by atomic mass is 9.72. The first kappa shape index (κ1) is 17.1. The predicted molar refractivity (Wildman–Crippen MR) is 62.7 cm³/mol. The van der Waals surface area contributed by atoms with Crippen molar-refractivity contribution in [3.05, 3.63) is 0 Å². The molecule has 1 aliphatic carbocycles. The maximum atomic E-state index is 10.5. The van der Waals surface area contributed by atoms with Gasteiger partial charge < -0.3 is 14.9 Å². The lowest BCUT2D eigenvalue weighted by Crippen LogP contribution is -2.37. The molecule has 110 valence electrons. The van der Waals surface area contributed by atoms with Gasteiger partial charge in [-0.2, -0.15) is 0 Å². The van der Waals surface area contributed by atoms with Crippen LogP contribution in [0.5, 0.6) is 0 Å². The molecule has 1 saturated carbocycles. The summed E-state index contributed by atoms with van der Waals surface area (Å²) in [6.45, 7) is 4.26. The number of rotatable bonds is 6. The summed E-state index contributed by atoms with van der Waals surface area (Å²) in [6.07, 6.45) is 3.16. The first-order valence-electron chi connectivity index (χ1n) is 6.01. The molecule has 1 fully saturated rings. The Morgan fingerprint density at radius 3 is 2.00 bits per heavy atom. The van der Waals surface area contributed by atoms with Gasteiger partial charge in [-0.3, -0.25) is 0 Å². The fourth-order valence-corrected chi connectivity index (χ4v) is 3.10. The van der Waals surface area contributed by atoms with Crippen LogP contribution in [0.3, 0.4) is 0 Å². The van der Waals surface area contributed by atoms with Gasteiger partial charge in [-0.05, 0) is 46.1 Å². The second-order valence-corrected chi connectivity index (χ2v) is 6.91. The van der Waals surface area contributed by atoms with Crippen molar-refractivity contribution in [1.29, 1.82) is 0 Å². The van der Waals surface area contributed by atoms with Crippen molar-refractivity contribution >= 4 is 16.5 Å². The van der Waals surface area contributed by atoms with Crippen LogP contribution in [-0.2, 0) is 18.2 Å². The summed E-state index contributed by atoms with van der Waals surface area (Å²) >= 11 is 0. The van der Waals surface area contributed by atoms with Crippen LogP contribution in [0.25, 0.3) is 0 Å². The van der Waals surface area contributed by atoms with E-state index in [2.05, 4.69) is 22.9 Å². The largest absolute Gasteiger partial charge is 0.566 e. The van der Waals surface area contributed by atoms with Gasteiger partial charge in [0.05, 0.1) is 0 Å². The van der Waals surface area contributed by atoms with E-state index in [1.165, 1.54) is 0 Å². The minimum absolute atomic E-state index is 0.0390. The van der Waals surface area contributed by atoms with Crippen LogP contribution in [0.1, 0.15) is 46.0 Å². The SMILES string of the molecule is CC1(C)CCC(CC(O)(O[P+](=O)[O-])O[P+](=O)[O-])CC1. The number of hydrogen-bond acceptors (Lipinski definition) is 7. The minimum Gasteiger partial charge on any atom is -0.566 e. The monoisotopic (exact) mass is 312 g/mol. The number of hydrogen-bond donors (Lipinski definition) is 1. The Balaban J connectivity index is 2.62. The molecule has 0 aromatic carbocycles. The van der Waals surface area contributed by atoms with E-state index in [1.807, 2.05) is 0 Å². The molecule has 0 aromatic heterocycles. The van der Waals surface area contributed by atoms with Crippen LogP contribution in [0.15, 0.2) is 0 Å². The van der Waals surface area contributed by atoms with Crippen LogP contribution in [0.4, 0.5) is 0 Å². The van der Waals surface area contributed by atoms with E-state index in [0.717, 1.165) is 25.7 Å². The molecule has 2 unspecified atom stereocenters. The third-order valence-corrected chi connectivity index (χ3v) is 4.31. The molecule has 9 heteroatoms. The molecule has 0 saturated heterocycles. The van der Waals surface area contributed by atoms with Crippen LogP contribution in [0, 0.1) is 11.3 Å². The van der Waals surface area contributed by atoms with Gasteiger partial charge in [-0.15, -0.1) is 0 Å². The molecule has 0 heterocycles.